The molecule has 1 saturated heterocycles. The van der Waals surface area contributed by atoms with Crippen LogP contribution in [0.15, 0.2) is 18.2 Å². The Bertz CT molecular complexity index is 438. The first-order valence-electron chi connectivity index (χ1n) is 8.41. The molecule has 0 bridgehead atoms. The molecule has 1 atom stereocenters. The van der Waals surface area contributed by atoms with Gasteiger partial charge in [0.15, 0.2) is 0 Å². The molecule has 0 aliphatic carbocycles. The van der Waals surface area contributed by atoms with Gasteiger partial charge in [0.1, 0.15) is 0 Å². The van der Waals surface area contributed by atoms with Gasteiger partial charge in [0, 0.05) is 12.0 Å². The third-order valence-corrected chi connectivity index (χ3v) is 5.28. The fraction of sp³-hybridized carbons (Fsp3) is 0.684. The molecule has 2 heteroatoms. The molecule has 1 heterocycles. The minimum atomic E-state index is -0.324. The van der Waals surface area contributed by atoms with E-state index >= 15 is 0 Å². The molecule has 1 aliphatic rings. The van der Waals surface area contributed by atoms with Crippen molar-refractivity contribution in [2.75, 3.05) is 13.1 Å². The maximum Gasteiger partial charge on any atom is 0.0758 e. The molecule has 1 aromatic carbocycles. The molecule has 1 fully saturated rings. The van der Waals surface area contributed by atoms with E-state index in [-0.39, 0.29) is 11.6 Å². The fourth-order valence-corrected chi connectivity index (χ4v) is 3.47. The predicted molar refractivity (Wildman–Crippen MR) is 89.7 cm³/mol. The first-order chi connectivity index (χ1) is 9.93. The Morgan fingerprint density at radius 3 is 2.10 bits per heavy atom. The highest BCUT2D eigenvalue weighted by Crippen LogP contribution is 2.27. The zero-order valence-corrected chi connectivity index (χ0v) is 14.2. The molecule has 0 amide bonds. The zero-order chi connectivity index (χ0) is 15.5. The lowest BCUT2D eigenvalue weighted by atomic mass is 9.87. The van der Waals surface area contributed by atoms with Crippen molar-refractivity contribution in [2.45, 2.75) is 71.4 Å². The van der Waals surface area contributed by atoms with E-state index in [4.69, 9.17) is 0 Å². The monoisotopic (exact) mass is 289 g/mol. The maximum atomic E-state index is 10.9. The van der Waals surface area contributed by atoms with Crippen molar-refractivity contribution in [1.82, 2.24) is 4.90 Å². The smallest absolute Gasteiger partial charge is 0.0758 e. The number of aliphatic hydroxyl groups excluding tert-OH is 1. The van der Waals surface area contributed by atoms with Crippen LogP contribution >= 0.6 is 0 Å². The van der Waals surface area contributed by atoms with Crippen LogP contribution in [-0.2, 0) is 6.42 Å². The summed E-state index contributed by atoms with van der Waals surface area (Å²) in [5, 5.41) is 10.9. The lowest BCUT2D eigenvalue weighted by Crippen LogP contribution is -2.53. The normalized spacial score (nSPS) is 19.3. The Morgan fingerprint density at radius 2 is 1.57 bits per heavy atom. The lowest BCUT2D eigenvalue weighted by Gasteiger charge is -2.42. The molecule has 2 rings (SSSR count). The maximum absolute atomic E-state index is 10.9. The number of hydrogen-bond donors (Lipinski definition) is 1. The Labute approximate surface area is 130 Å². The van der Waals surface area contributed by atoms with Crippen LogP contribution in [0.2, 0.25) is 0 Å². The molecule has 118 valence electrons. The molecule has 0 spiro atoms. The number of hydrogen-bond acceptors (Lipinski definition) is 2. The SMILES string of the molecule is Cc1cccc(C)c1CC(O)C(C)(C)N1CCCCCC1. The Hall–Kier alpha value is -0.860. The van der Waals surface area contributed by atoms with Crippen molar-refractivity contribution < 1.29 is 5.11 Å². The van der Waals surface area contributed by atoms with E-state index in [0.717, 1.165) is 19.5 Å². The van der Waals surface area contributed by atoms with Crippen LogP contribution in [0.1, 0.15) is 56.2 Å². The first kappa shape index (κ1) is 16.5. The van der Waals surface area contributed by atoms with Crippen LogP contribution in [0.4, 0.5) is 0 Å². The van der Waals surface area contributed by atoms with Crippen LogP contribution in [0.3, 0.4) is 0 Å². The van der Waals surface area contributed by atoms with E-state index in [0.29, 0.717) is 0 Å². The minimum absolute atomic E-state index is 0.154. The minimum Gasteiger partial charge on any atom is -0.391 e. The summed E-state index contributed by atoms with van der Waals surface area (Å²) in [4.78, 5) is 2.50. The number of benzene rings is 1. The van der Waals surface area contributed by atoms with Crippen LogP contribution in [0.25, 0.3) is 0 Å². The second kappa shape index (κ2) is 6.93. The molecule has 1 unspecified atom stereocenters. The van der Waals surface area contributed by atoms with Gasteiger partial charge < -0.3 is 5.11 Å². The highest BCUT2D eigenvalue weighted by molar-refractivity contribution is 5.34. The van der Waals surface area contributed by atoms with Crippen LogP contribution < -0.4 is 0 Å². The van der Waals surface area contributed by atoms with Crippen molar-refractivity contribution in [3.63, 3.8) is 0 Å². The summed E-state index contributed by atoms with van der Waals surface area (Å²) in [6, 6.07) is 6.39. The predicted octanol–water partition coefficient (Wildman–Crippen LogP) is 3.86. The number of aryl methyl sites for hydroxylation is 2. The topological polar surface area (TPSA) is 23.5 Å². The fourth-order valence-electron chi connectivity index (χ4n) is 3.47. The van der Waals surface area contributed by atoms with E-state index in [1.165, 1.54) is 42.4 Å². The highest BCUT2D eigenvalue weighted by atomic mass is 16.3. The molecule has 0 saturated carbocycles. The largest absolute Gasteiger partial charge is 0.391 e. The summed E-state index contributed by atoms with van der Waals surface area (Å²) in [7, 11) is 0. The highest BCUT2D eigenvalue weighted by Gasteiger charge is 2.34. The molecule has 0 aromatic heterocycles. The van der Waals surface area contributed by atoms with Crippen molar-refractivity contribution >= 4 is 0 Å². The molecular formula is C19H31NO. The van der Waals surface area contributed by atoms with Crippen LogP contribution in [0.5, 0.6) is 0 Å². The number of rotatable bonds is 4. The van der Waals surface area contributed by atoms with Gasteiger partial charge in [-0.05, 0) is 70.3 Å². The molecule has 1 N–H and O–H groups in total. The second-order valence-electron chi connectivity index (χ2n) is 7.15. The Kier molecular flexibility index (Phi) is 5.45. The number of nitrogens with zero attached hydrogens (tertiary/aromatic N) is 1. The van der Waals surface area contributed by atoms with E-state index in [1.807, 2.05) is 0 Å². The van der Waals surface area contributed by atoms with Gasteiger partial charge in [-0.3, -0.25) is 4.90 Å². The zero-order valence-electron chi connectivity index (χ0n) is 14.2. The second-order valence-corrected chi connectivity index (χ2v) is 7.15. The van der Waals surface area contributed by atoms with Crippen molar-refractivity contribution in [3.8, 4) is 0 Å². The summed E-state index contributed by atoms with van der Waals surface area (Å²) < 4.78 is 0. The van der Waals surface area contributed by atoms with E-state index in [1.54, 1.807) is 0 Å². The van der Waals surface area contributed by atoms with E-state index < -0.39 is 0 Å². The standard InChI is InChI=1S/C19H31NO/c1-15-10-9-11-16(2)17(15)14-18(21)19(3,4)20-12-7-5-6-8-13-20/h9-11,18,21H,5-8,12-14H2,1-4H3. The van der Waals surface area contributed by atoms with Crippen molar-refractivity contribution in [3.05, 3.63) is 34.9 Å². The number of aliphatic hydroxyl groups is 1. The summed E-state index contributed by atoms with van der Waals surface area (Å²) in [5.74, 6) is 0. The average Bonchev–Trinajstić information content (AvgIpc) is 2.72. The first-order valence-corrected chi connectivity index (χ1v) is 8.41. The lowest BCUT2D eigenvalue weighted by molar-refractivity contribution is -0.00800. The third kappa shape index (κ3) is 3.87. The van der Waals surface area contributed by atoms with Gasteiger partial charge in [-0.2, -0.15) is 0 Å². The van der Waals surface area contributed by atoms with Gasteiger partial charge in [-0.15, -0.1) is 0 Å². The van der Waals surface area contributed by atoms with Gasteiger partial charge >= 0.3 is 0 Å². The number of likely N-dealkylation sites (tertiary alicyclic amines) is 1. The third-order valence-electron chi connectivity index (χ3n) is 5.28. The van der Waals surface area contributed by atoms with E-state index in [2.05, 4.69) is 50.8 Å². The average molecular weight is 289 g/mol. The molecule has 2 nitrogen and oxygen atoms in total. The van der Waals surface area contributed by atoms with Crippen LogP contribution in [0, 0.1) is 13.8 Å². The molecule has 1 aliphatic heterocycles. The van der Waals surface area contributed by atoms with Crippen molar-refractivity contribution in [2.24, 2.45) is 0 Å². The van der Waals surface area contributed by atoms with Gasteiger partial charge in [-0.1, -0.05) is 31.0 Å². The van der Waals surface area contributed by atoms with Gasteiger partial charge in [-0.25, -0.2) is 0 Å². The molecule has 1 aromatic rings. The van der Waals surface area contributed by atoms with E-state index in [9.17, 15) is 5.11 Å². The summed E-state index contributed by atoms with van der Waals surface area (Å²) in [6.07, 6.45) is 5.62. The quantitative estimate of drug-likeness (QED) is 0.910. The molecular weight excluding hydrogens is 258 g/mol. The molecule has 0 radical (unpaired) electrons. The Morgan fingerprint density at radius 1 is 1.05 bits per heavy atom. The summed E-state index contributed by atoms with van der Waals surface area (Å²) in [5.41, 5.74) is 3.74. The van der Waals surface area contributed by atoms with Gasteiger partial charge in [0.25, 0.3) is 0 Å². The Balaban J connectivity index is 2.12. The molecule has 21 heavy (non-hydrogen) atoms. The van der Waals surface area contributed by atoms with Gasteiger partial charge in [0.05, 0.1) is 6.10 Å². The summed E-state index contributed by atoms with van der Waals surface area (Å²) >= 11 is 0. The van der Waals surface area contributed by atoms with Gasteiger partial charge in [0.2, 0.25) is 0 Å². The van der Waals surface area contributed by atoms with Crippen LogP contribution in [-0.4, -0.2) is 34.7 Å². The summed E-state index contributed by atoms with van der Waals surface area (Å²) in [6.45, 7) is 10.9. The van der Waals surface area contributed by atoms with Crippen molar-refractivity contribution in [1.29, 1.82) is 0 Å².